The zero-order valence-corrected chi connectivity index (χ0v) is 9.79. The molecule has 0 spiro atoms. The molecule has 0 unspecified atom stereocenters. The van der Waals surface area contributed by atoms with Gasteiger partial charge in [0.25, 0.3) is 5.91 Å². The third kappa shape index (κ3) is 2.67. The predicted molar refractivity (Wildman–Crippen MR) is 61.6 cm³/mol. The molecule has 2 heterocycles. The van der Waals surface area contributed by atoms with E-state index in [4.69, 9.17) is 4.42 Å². The molecule has 0 bridgehead atoms. The lowest BCUT2D eigenvalue weighted by Gasteiger charge is -2.14. The minimum Gasteiger partial charge on any atom is -0.459 e. The quantitative estimate of drug-likeness (QED) is 0.804. The number of hydrogen-bond acceptors (Lipinski definition) is 3. The van der Waals surface area contributed by atoms with Gasteiger partial charge in [0.15, 0.2) is 5.76 Å². The molecule has 1 fully saturated rings. The van der Waals surface area contributed by atoms with E-state index in [1.165, 1.54) is 6.26 Å². The van der Waals surface area contributed by atoms with Gasteiger partial charge in [0.2, 0.25) is 5.91 Å². The molecule has 1 atom stereocenters. The highest BCUT2D eigenvalue weighted by Crippen LogP contribution is 2.11. The van der Waals surface area contributed by atoms with Gasteiger partial charge in [-0.15, -0.1) is 0 Å². The molecule has 0 radical (unpaired) electrons. The number of carbonyl (C=O) groups excluding carboxylic acids is 2. The Morgan fingerprint density at radius 3 is 3.06 bits per heavy atom. The first kappa shape index (κ1) is 11.7. The first-order valence-electron chi connectivity index (χ1n) is 5.81. The van der Waals surface area contributed by atoms with Gasteiger partial charge in [-0.05, 0) is 32.3 Å². The van der Waals surface area contributed by atoms with Crippen LogP contribution in [0.4, 0.5) is 0 Å². The summed E-state index contributed by atoms with van der Waals surface area (Å²) in [4.78, 5) is 23.5. The molecule has 1 aliphatic rings. The fourth-order valence-corrected chi connectivity index (χ4v) is 1.91. The monoisotopic (exact) mass is 236 g/mol. The van der Waals surface area contributed by atoms with E-state index >= 15 is 0 Å². The molecule has 17 heavy (non-hydrogen) atoms. The fourth-order valence-electron chi connectivity index (χ4n) is 1.91. The van der Waals surface area contributed by atoms with Gasteiger partial charge in [-0.1, -0.05) is 0 Å². The summed E-state index contributed by atoms with van der Waals surface area (Å²) in [5.74, 6) is -0.156. The second-order valence-corrected chi connectivity index (χ2v) is 4.25. The molecule has 5 heteroatoms. The third-order valence-electron chi connectivity index (χ3n) is 2.91. The second-order valence-electron chi connectivity index (χ2n) is 4.25. The smallest absolute Gasteiger partial charge is 0.287 e. The van der Waals surface area contributed by atoms with Crippen molar-refractivity contribution < 1.29 is 14.0 Å². The number of amides is 2. The van der Waals surface area contributed by atoms with E-state index < -0.39 is 6.04 Å². The molecule has 2 amide bonds. The van der Waals surface area contributed by atoms with Crippen LogP contribution in [0.5, 0.6) is 0 Å². The average molecular weight is 236 g/mol. The lowest BCUT2D eigenvalue weighted by atomic mass is 10.1. The molecule has 1 aromatic heterocycles. The Bertz CT molecular complexity index is 425. The van der Waals surface area contributed by atoms with E-state index in [2.05, 4.69) is 10.6 Å². The number of rotatable bonds is 2. The standard InChI is InChI=1S/C12H16N2O3/c1-8-5-7-17-10(8)12(16)14-9-4-2-3-6-13-11(9)15/h5,7,9H,2-4,6H2,1H3,(H,13,15)(H,14,16)/t9-/m1/s1. The molecule has 1 aliphatic heterocycles. The van der Waals surface area contributed by atoms with Gasteiger partial charge in [-0.25, -0.2) is 0 Å². The molecule has 92 valence electrons. The molecule has 0 aliphatic carbocycles. The first-order valence-corrected chi connectivity index (χ1v) is 5.81. The molecular formula is C12H16N2O3. The van der Waals surface area contributed by atoms with E-state index in [9.17, 15) is 9.59 Å². The van der Waals surface area contributed by atoms with Crippen molar-refractivity contribution in [1.82, 2.24) is 10.6 Å². The summed E-state index contributed by atoms with van der Waals surface area (Å²) in [6.07, 6.45) is 4.04. The number of aryl methyl sites for hydroxylation is 1. The number of carbonyl (C=O) groups is 2. The first-order chi connectivity index (χ1) is 8.18. The van der Waals surface area contributed by atoms with Crippen LogP contribution in [0.1, 0.15) is 35.4 Å². The van der Waals surface area contributed by atoms with Crippen LogP contribution in [0.2, 0.25) is 0 Å². The lowest BCUT2D eigenvalue weighted by Crippen LogP contribution is -2.45. The van der Waals surface area contributed by atoms with Gasteiger partial charge in [-0.2, -0.15) is 0 Å². The minimum atomic E-state index is -0.450. The summed E-state index contributed by atoms with van der Waals surface area (Å²) in [6.45, 7) is 2.48. The highest BCUT2D eigenvalue weighted by molar-refractivity contribution is 5.96. The van der Waals surface area contributed by atoms with Gasteiger partial charge >= 0.3 is 0 Å². The zero-order chi connectivity index (χ0) is 12.3. The van der Waals surface area contributed by atoms with Crippen molar-refractivity contribution >= 4 is 11.8 Å². The topological polar surface area (TPSA) is 71.3 Å². The van der Waals surface area contributed by atoms with E-state index in [0.29, 0.717) is 13.0 Å². The summed E-state index contributed by atoms with van der Waals surface area (Å²) in [5.41, 5.74) is 0.775. The second kappa shape index (κ2) is 5.03. The van der Waals surface area contributed by atoms with Crippen molar-refractivity contribution in [2.24, 2.45) is 0 Å². The molecular weight excluding hydrogens is 220 g/mol. The minimum absolute atomic E-state index is 0.111. The van der Waals surface area contributed by atoms with Crippen LogP contribution in [-0.4, -0.2) is 24.4 Å². The summed E-state index contributed by atoms with van der Waals surface area (Å²) < 4.78 is 5.09. The van der Waals surface area contributed by atoms with Gasteiger partial charge in [0.1, 0.15) is 6.04 Å². The van der Waals surface area contributed by atoms with E-state index in [0.717, 1.165) is 18.4 Å². The number of furan rings is 1. The maximum absolute atomic E-state index is 11.9. The normalized spacial score (nSPS) is 20.5. The largest absolute Gasteiger partial charge is 0.459 e. The Balaban J connectivity index is 2.02. The number of hydrogen-bond donors (Lipinski definition) is 2. The van der Waals surface area contributed by atoms with Gasteiger partial charge in [0.05, 0.1) is 6.26 Å². The predicted octanol–water partition coefficient (Wildman–Crippen LogP) is 0.987. The van der Waals surface area contributed by atoms with E-state index in [1.807, 2.05) is 0 Å². The highest BCUT2D eigenvalue weighted by Gasteiger charge is 2.24. The van der Waals surface area contributed by atoms with Gasteiger partial charge < -0.3 is 15.1 Å². The third-order valence-corrected chi connectivity index (χ3v) is 2.91. The number of nitrogens with one attached hydrogen (secondary N) is 2. The summed E-state index contributed by atoms with van der Waals surface area (Å²) in [6, 6.07) is 1.27. The highest BCUT2D eigenvalue weighted by atomic mass is 16.3. The Hall–Kier alpha value is -1.78. The van der Waals surface area contributed by atoms with Crippen LogP contribution >= 0.6 is 0 Å². The van der Waals surface area contributed by atoms with Crippen molar-refractivity contribution in [3.05, 3.63) is 23.7 Å². The van der Waals surface area contributed by atoms with Crippen LogP contribution in [0.25, 0.3) is 0 Å². The summed E-state index contributed by atoms with van der Waals surface area (Å²) in [7, 11) is 0. The molecule has 2 rings (SSSR count). The summed E-state index contributed by atoms with van der Waals surface area (Å²) in [5, 5.41) is 5.48. The Morgan fingerprint density at radius 1 is 1.53 bits per heavy atom. The van der Waals surface area contributed by atoms with E-state index in [1.54, 1.807) is 13.0 Å². The van der Waals surface area contributed by atoms with Crippen molar-refractivity contribution in [1.29, 1.82) is 0 Å². The zero-order valence-electron chi connectivity index (χ0n) is 9.79. The van der Waals surface area contributed by atoms with Crippen LogP contribution in [0.15, 0.2) is 16.7 Å². The summed E-state index contributed by atoms with van der Waals surface area (Å²) >= 11 is 0. The van der Waals surface area contributed by atoms with E-state index in [-0.39, 0.29) is 17.6 Å². The molecule has 2 N–H and O–H groups in total. The molecule has 5 nitrogen and oxygen atoms in total. The van der Waals surface area contributed by atoms with Crippen molar-refractivity contribution in [3.63, 3.8) is 0 Å². The van der Waals surface area contributed by atoms with Crippen molar-refractivity contribution in [2.45, 2.75) is 32.2 Å². The fraction of sp³-hybridized carbons (Fsp3) is 0.500. The average Bonchev–Trinajstić information content (AvgIpc) is 2.63. The maximum atomic E-state index is 11.9. The Labute approximate surface area is 99.6 Å². The van der Waals surface area contributed by atoms with Gasteiger partial charge in [0, 0.05) is 12.1 Å². The molecule has 0 aromatic carbocycles. The van der Waals surface area contributed by atoms with Crippen molar-refractivity contribution in [3.8, 4) is 0 Å². The maximum Gasteiger partial charge on any atom is 0.287 e. The lowest BCUT2D eigenvalue weighted by molar-refractivity contribution is -0.122. The van der Waals surface area contributed by atoms with Crippen LogP contribution in [-0.2, 0) is 4.79 Å². The van der Waals surface area contributed by atoms with Crippen LogP contribution in [0.3, 0.4) is 0 Å². The Morgan fingerprint density at radius 2 is 2.35 bits per heavy atom. The SMILES string of the molecule is Cc1ccoc1C(=O)N[C@@H]1CCCCNC1=O. The van der Waals surface area contributed by atoms with Gasteiger partial charge in [-0.3, -0.25) is 9.59 Å². The Kier molecular flexibility index (Phi) is 3.46. The molecule has 1 aromatic rings. The van der Waals surface area contributed by atoms with Crippen LogP contribution < -0.4 is 10.6 Å². The molecule has 0 saturated carbocycles. The van der Waals surface area contributed by atoms with Crippen molar-refractivity contribution in [2.75, 3.05) is 6.54 Å². The van der Waals surface area contributed by atoms with Crippen LogP contribution in [0, 0.1) is 6.92 Å². The molecule has 1 saturated heterocycles.